The van der Waals surface area contributed by atoms with Crippen LogP contribution in [0.4, 0.5) is 0 Å². The van der Waals surface area contributed by atoms with Gasteiger partial charge in [-0.05, 0) is 56.3 Å². The van der Waals surface area contributed by atoms with Gasteiger partial charge in [0.05, 0.1) is 12.1 Å². The van der Waals surface area contributed by atoms with E-state index in [0.717, 1.165) is 6.92 Å². The second-order valence-corrected chi connectivity index (χ2v) is 12.3. The van der Waals surface area contributed by atoms with Crippen LogP contribution in [0.25, 0.3) is 0 Å². The summed E-state index contributed by atoms with van der Waals surface area (Å²) in [7, 11) is -0.696. The Morgan fingerprint density at radius 3 is 1.00 bits per heavy atom. The zero-order chi connectivity index (χ0) is 24.2. The molecule has 4 rings (SSSR count). The molecule has 0 fully saturated rings. The third-order valence-electron chi connectivity index (χ3n) is 5.16. The van der Waals surface area contributed by atoms with Gasteiger partial charge in [-0.15, -0.1) is 0 Å². The number of carbonyl (C=O) groups excluding carboxylic acids is 1. The average Bonchev–Trinajstić information content (AvgIpc) is 2.89. The SMILES string of the molecule is CC(O)C(=O)[O-].[Au+].c1ccc(P(CCP(c2ccccc2)c2ccccc2)c2ccccc2)cc1. The molecule has 35 heavy (non-hydrogen) atoms. The molecule has 1 unspecified atom stereocenters. The van der Waals surface area contributed by atoms with Gasteiger partial charge in [0.1, 0.15) is 0 Å². The maximum atomic E-state index is 9.34. The van der Waals surface area contributed by atoms with E-state index in [-0.39, 0.29) is 38.2 Å². The molecule has 0 aliphatic rings. The van der Waals surface area contributed by atoms with Gasteiger partial charge in [0, 0.05) is 0 Å². The molecule has 0 saturated carbocycles. The summed E-state index contributed by atoms with van der Waals surface area (Å²) in [5.74, 6) is -1.44. The Kier molecular flexibility index (Phi) is 13.2. The summed E-state index contributed by atoms with van der Waals surface area (Å²) in [4.78, 5) is 9.34. The third-order valence-corrected chi connectivity index (χ3v) is 10.5. The Bertz CT molecular complexity index is 950. The minimum atomic E-state index is -1.44. The molecular formula is C29H29AuO3P2. The second kappa shape index (κ2) is 15.8. The minimum absolute atomic E-state index is 0. The van der Waals surface area contributed by atoms with Crippen molar-refractivity contribution in [3.05, 3.63) is 121 Å². The van der Waals surface area contributed by atoms with E-state index in [0.29, 0.717) is 0 Å². The number of aliphatic hydroxyl groups is 1. The van der Waals surface area contributed by atoms with E-state index in [1.807, 2.05) is 0 Å². The molecule has 0 aromatic heterocycles. The summed E-state index contributed by atoms with van der Waals surface area (Å²) in [5.41, 5.74) is 0. The first-order valence-corrected chi connectivity index (χ1v) is 14.3. The molecule has 0 heterocycles. The maximum Gasteiger partial charge on any atom is 1.00 e. The summed E-state index contributed by atoms with van der Waals surface area (Å²) >= 11 is 0. The molecule has 0 amide bonds. The van der Waals surface area contributed by atoms with Crippen molar-refractivity contribution in [1.82, 2.24) is 0 Å². The quantitative estimate of drug-likeness (QED) is 0.229. The number of hydrogen-bond donors (Lipinski definition) is 1. The normalized spacial score (nSPS) is 11.2. The number of rotatable bonds is 8. The fourth-order valence-electron chi connectivity index (χ4n) is 3.45. The molecule has 0 bridgehead atoms. The molecule has 0 aliphatic carbocycles. The number of carbonyl (C=O) groups is 1. The second-order valence-electron chi connectivity index (χ2n) is 7.64. The van der Waals surface area contributed by atoms with E-state index in [1.54, 1.807) is 0 Å². The zero-order valence-electron chi connectivity index (χ0n) is 19.5. The van der Waals surface area contributed by atoms with Gasteiger partial charge < -0.3 is 15.0 Å². The van der Waals surface area contributed by atoms with Crippen molar-refractivity contribution in [3.8, 4) is 0 Å². The van der Waals surface area contributed by atoms with Crippen molar-refractivity contribution in [3.63, 3.8) is 0 Å². The van der Waals surface area contributed by atoms with Crippen molar-refractivity contribution >= 4 is 43.0 Å². The van der Waals surface area contributed by atoms with Gasteiger partial charge in [-0.25, -0.2) is 0 Å². The van der Waals surface area contributed by atoms with E-state index in [2.05, 4.69) is 121 Å². The molecule has 0 radical (unpaired) electrons. The van der Waals surface area contributed by atoms with Crippen LogP contribution in [0.5, 0.6) is 0 Å². The van der Waals surface area contributed by atoms with Gasteiger partial charge >= 0.3 is 22.4 Å². The number of carboxylic acids is 1. The molecule has 1 atom stereocenters. The van der Waals surface area contributed by atoms with E-state index in [4.69, 9.17) is 5.11 Å². The Morgan fingerprint density at radius 1 is 0.629 bits per heavy atom. The van der Waals surface area contributed by atoms with Gasteiger partial charge in [-0.2, -0.15) is 0 Å². The summed E-state index contributed by atoms with van der Waals surface area (Å²) in [6.07, 6.45) is 1.07. The first kappa shape index (κ1) is 29.1. The Hall–Kier alpha value is -2.09. The van der Waals surface area contributed by atoms with Gasteiger partial charge in [-0.3, -0.25) is 0 Å². The van der Waals surface area contributed by atoms with Gasteiger partial charge in [0.2, 0.25) is 0 Å². The predicted octanol–water partition coefficient (Wildman–Crippen LogP) is 3.37. The van der Waals surface area contributed by atoms with Crippen molar-refractivity contribution in [2.24, 2.45) is 0 Å². The number of hydrogen-bond acceptors (Lipinski definition) is 3. The van der Waals surface area contributed by atoms with Crippen LogP contribution in [0.1, 0.15) is 6.92 Å². The number of aliphatic carboxylic acids is 1. The molecule has 4 aromatic carbocycles. The maximum absolute atomic E-state index is 9.34. The van der Waals surface area contributed by atoms with E-state index in [9.17, 15) is 9.90 Å². The Balaban J connectivity index is 0.000000552. The molecule has 1 N–H and O–H groups in total. The van der Waals surface area contributed by atoms with E-state index >= 15 is 0 Å². The van der Waals surface area contributed by atoms with Crippen LogP contribution in [-0.2, 0) is 27.2 Å². The molecule has 184 valence electrons. The van der Waals surface area contributed by atoms with E-state index in [1.165, 1.54) is 33.5 Å². The summed E-state index contributed by atoms with van der Waals surface area (Å²) < 4.78 is 0. The van der Waals surface area contributed by atoms with Crippen molar-refractivity contribution in [1.29, 1.82) is 0 Å². The number of aliphatic hydroxyl groups excluding tert-OH is 1. The van der Waals surface area contributed by atoms with Crippen LogP contribution in [0.3, 0.4) is 0 Å². The smallest absolute Gasteiger partial charge is 0.547 e. The van der Waals surface area contributed by atoms with Crippen LogP contribution in [0.15, 0.2) is 121 Å². The molecule has 0 aliphatic heterocycles. The van der Waals surface area contributed by atoms with Crippen LogP contribution in [0, 0.1) is 0 Å². The Morgan fingerprint density at radius 2 is 0.829 bits per heavy atom. The fraction of sp³-hybridized carbons (Fsp3) is 0.138. The van der Waals surface area contributed by atoms with Crippen LogP contribution in [0.2, 0.25) is 0 Å². The monoisotopic (exact) mass is 684 g/mol. The Labute approximate surface area is 226 Å². The van der Waals surface area contributed by atoms with Crippen LogP contribution in [-0.4, -0.2) is 29.5 Å². The molecular weight excluding hydrogens is 655 g/mol. The zero-order valence-corrected chi connectivity index (χ0v) is 23.5. The molecule has 0 saturated heterocycles. The largest absolute Gasteiger partial charge is 1.00 e. The predicted molar refractivity (Wildman–Crippen MR) is 145 cm³/mol. The van der Waals surface area contributed by atoms with Crippen LogP contribution < -0.4 is 26.3 Å². The summed E-state index contributed by atoms with van der Waals surface area (Å²) in [5, 5.41) is 23.2. The average molecular weight is 684 g/mol. The van der Waals surface area contributed by atoms with Crippen molar-refractivity contribution in [2.45, 2.75) is 13.0 Å². The standard InChI is InChI=1S/C26H24P2.C3H6O3.Au/c1-5-13-23(14-6-1)27(24-15-7-2-8-16-24)21-22-28(25-17-9-3-10-18-25)26-19-11-4-12-20-26;1-2(4)3(5)6;/h1-20H,21-22H2;2,4H,1H3,(H,5,6);/q;;+1/p-1. The molecule has 3 nitrogen and oxygen atoms in total. The van der Waals surface area contributed by atoms with E-state index < -0.39 is 12.1 Å². The van der Waals surface area contributed by atoms with Crippen molar-refractivity contribution in [2.75, 3.05) is 12.3 Å². The molecule has 4 aromatic rings. The molecule has 0 spiro atoms. The molecule has 6 heteroatoms. The first-order chi connectivity index (χ1) is 16.6. The van der Waals surface area contributed by atoms with Crippen LogP contribution >= 0.6 is 15.8 Å². The third kappa shape index (κ3) is 9.47. The number of carboxylic acid groups (broad SMARTS) is 1. The topological polar surface area (TPSA) is 60.4 Å². The van der Waals surface area contributed by atoms with Gasteiger partial charge in [0.25, 0.3) is 0 Å². The summed E-state index contributed by atoms with van der Waals surface area (Å²) in [6, 6.07) is 44.2. The number of benzene rings is 4. The first-order valence-electron chi connectivity index (χ1n) is 11.2. The fourth-order valence-corrected chi connectivity index (χ4v) is 8.80. The van der Waals surface area contributed by atoms with Gasteiger partial charge in [-0.1, -0.05) is 121 Å². The van der Waals surface area contributed by atoms with Gasteiger partial charge in [0.15, 0.2) is 0 Å². The minimum Gasteiger partial charge on any atom is -0.547 e. The summed E-state index contributed by atoms with van der Waals surface area (Å²) in [6.45, 7) is 1.13. The van der Waals surface area contributed by atoms with Crippen molar-refractivity contribution < 1.29 is 37.4 Å².